The van der Waals surface area contributed by atoms with Crippen molar-refractivity contribution in [2.75, 3.05) is 0 Å². The number of hydrogen-bond acceptors (Lipinski definition) is 3. The van der Waals surface area contributed by atoms with Crippen LogP contribution < -0.4 is 0 Å². The maximum absolute atomic E-state index is 5.59. The normalized spacial score (nSPS) is 13.7. The number of hydrogen-bond donors (Lipinski definition) is 0. The lowest BCUT2D eigenvalue weighted by molar-refractivity contribution is 0.660. The topological polar surface area (TPSA) is 30.7 Å². The molecule has 0 spiro atoms. The zero-order valence-electron chi connectivity index (χ0n) is 24.9. The highest BCUT2D eigenvalue weighted by atomic mass is 32.1. The van der Waals surface area contributed by atoms with E-state index in [2.05, 4.69) is 146 Å². The Morgan fingerprint density at radius 3 is 2.16 bits per heavy atom. The highest BCUT2D eigenvalue weighted by molar-refractivity contribution is 7.25. The lowest BCUT2D eigenvalue weighted by Gasteiger charge is -2.21. The van der Waals surface area contributed by atoms with E-state index in [0.717, 1.165) is 43.8 Å². The summed E-state index contributed by atoms with van der Waals surface area (Å²) >= 11 is 1.72. The van der Waals surface area contributed by atoms with Crippen LogP contribution >= 0.6 is 11.3 Å². The minimum Gasteiger partial charge on any atom is -0.292 e. The zero-order chi connectivity index (χ0) is 29.9. The molecule has 0 N–H and O–H groups in total. The Hall–Kier alpha value is -5.32. The van der Waals surface area contributed by atoms with Crippen LogP contribution in [0.3, 0.4) is 0 Å². The summed E-state index contributed by atoms with van der Waals surface area (Å²) < 4.78 is 3.56. The fourth-order valence-corrected chi connectivity index (χ4v) is 8.70. The first-order chi connectivity index (χ1) is 22.1. The van der Waals surface area contributed by atoms with Crippen molar-refractivity contribution < 1.29 is 0 Å². The van der Waals surface area contributed by atoms with Crippen LogP contribution in [0.15, 0.2) is 127 Å². The summed E-state index contributed by atoms with van der Waals surface area (Å²) in [7, 11) is 0. The van der Waals surface area contributed by atoms with E-state index >= 15 is 0 Å². The van der Waals surface area contributed by atoms with Crippen LogP contribution in [0, 0.1) is 0 Å². The largest absolute Gasteiger partial charge is 0.292 e. The molecule has 0 amide bonds. The average molecular weight is 594 g/mol. The highest BCUT2D eigenvalue weighted by Gasteiger charge is 2.37. The Labute approximate surface area is 264 Å². The number of nitrogens with zero attached hydrogens (tertiary/aromatic N) is 3. The van der Waals surface area contributed by atoms with Crippen molar-refractivity contribution in [1.82, 2.24) is 14.5 Å². The fourth-order valence-electron chi connectivity index (χ4n) is 7.68. The SMILES string of the molecule is CC1(C)c2ccccc2-c2c(-c3nc4sc5ccccc5c4nc3-n3c4ccccc4c4cc5ccccc5cc43)cccc21. The van der Waals surface area contributed by atoms with Crippen molar-refractivity contribution in [3.05, 3.63) is 139 Å². The molecule has 0 radical (unpaired) electrons. The van der Waals surface area contributed by atoms with Crippen molar-refractivity contribution >= 4 is 64.3 Å². The standard InChI is InChI=1S/C41H27N3S/c1-41(2)31-18-8-5-15-27(31)36-29(17-11-19-32(36)41)37-39(42-38-28-16-7-10-21-35(28)45-40(38)43-37)44-33-20-9-6-14-26(33)30-22-24-12-3-4-13-25(24)23-34(30)44/h3-23H,1-2H3. The number of benzene rings is 6. The summed E-state index contributed by atoms with van der Waals surface area (Å²) in [5, 5.41) is 6.03. The van der Waals surface area contributed by atoms with Gasteiger partial charge in [0.25, 0.3) is 0 Å². The Kier molecular flexibility index (Phi) is 4.94. The maximum Gasteiger partial charge on any atom is 0.165 e. The third kappa shape index (κ3) is 3.35. The predicted octanol–water partition coefficient (Wildman–Crippen LogP) is 11.1. The summed E-state index contributed by atoms with van der Waals surface area (Å²) in [5.41, 5.74) is 10.4. The molecule has 0 saturated carbocycles. The molecule has 4 heteroatoms. The highest BCUT2D eigenvalue weighted by Crippen LogP contribution is 2.52. The third-order valence-corrected chi connectivity index (χ3v) is 10.9. The molecule has 3 nitrogen and oxygen atoms in total. The smallest absolute Gasteiger partial charge is 0.165 e. The van der Waals surface area contributed by atoms with Gasteiger partial charge in [0.05, 0.1) is 11.0 Å². The molecule has 1 aliphatic rings. The van der Waals surface area contributed by atoms with Crippen molar-refractivity contribution in [2.45, 2.75) is 19.3 Å². The quantitative estimate of drug-likeness (QED) is 0.200. The van der Waals surface area contributed by atoms with Gasteiger partial charge >= 0.3 is 0 Å². The average Bonchev–Trinajstić information content (AvgIpc) is 3.68. The Morgan fingerprint density at radius 2 is 1.27 bits per heavy atom. The molecule has 0 atom stereocenters. The van der Waals surface area contributed by atoms with Crippen molar-refractivity contribution in [2.24, 2.45) is 0 Å². The second kappa shape index (κ2) is 8.87. The van der Waals surface area contributed by atoms with Crippen molar-refractivity contribution in [3.63, 3.8) is 0 Å². The molecule has 0 fully saturated rings. The van der Waals surface area contributed by atoms with Gasteiger partial charge in [-0.15, -0.1) is 11.3 Å². The Balaban J connectivity index is 1.40. The number of aromatic nitrogens is 3. The minimum absolute atomic E-state index is 0.108. The summed E-state index contributed by atoms with van der Waals surface area (Å²) in [6, 6.07) is 46.1. The molecule has 45 heavy (non-hydrogen) atoms. The molecule has 9 aromatic rings. The monoisotopic (exact) mass is 593 g/mol. The molecule has 6 aromatic carbocycles. The van der Waals surface area contributed by atoms with Crippen LogP contribution in [0.25, 0.3) is 81.2 Å². The lowest BCUT2D eigenvalue weighted by atomic mass is 9.82. The van der Waals surface area contributed by atoms with Crippen LogP contribution in [0.5, 0.6) is 0 Å². The second-order valence-corrected chi connectivity index (χ2v) is 13.6. The van der Waals surface area contributed by atoms with Gasteiger partial charge in [-0.2, -0.15) is 0 Å². The fraction of sp³-hybridized carbons (Fsp3) is 0.0732. The van der Waals surface area contributed by atoms with Gasteiger partial charge < -0.3 is 0 Å². The summed E-state index contributed by atoms with van der Waals surface area (Å²) in [5.74, 6) is 0.864. The molecular weight excluding hydrogens is 567 g/mol. The van der Waals surface area contributed by atoms with Gasteiger partial charge in [-0.1, -0.05) is 117 Å². The first kappa shape index (κ1) is 25.1. The molecule has 0 aliphatic heterocycles. The summed E-state index contributed by atoms with van der Waals surface area (Å²) in [6.45, 7) is 4.67. The summed E-state index contributed by atoms with van der Waals surface area (Å²) in [4.78, 5) is 12.1. The van der Waals surface area contributed by atoms with E-state index in [1.807, 2.05) is 0 Å². The van der Waals surface area contributed by atoms with E-state index in [0.29, 0.717) is 0 Å². The zero-order valence-corrected chi connectivity index (χ0v) is 25.7. The van der Waals surface area contributed by atoms with E-state index in [-0.39, 0.29) is 5.41 Å². The van der Waals surface area contributed by atoms with Gasteiger partial charge in [-0.3, -0.25) is 4.57 Å². The van der Waals surface area contributed by atoms with E-state index in [1.54, 1.807) is 11.3 Å². The number of fused-ring (bicyclic) bond motifs is 10. The van der Waals surface area contributed by atoms with Gasteiger partial charge in [0.15, 0.2) is 5.82 Å². The molecule has 212 valence electrons. The van der Waals surface area contributed by atoms with E-state index in [4.69, 9.17) is 9.97 Å². The molecular formula is C41H27N3S. The second-order valence-electron chi connectivity index (χ2n) is 12.6. The van der Waals surface area contributed by atoms with E-state index < -0.39 is 0 Å². The molecule has 1 aliphatic carbocycles. The van der Waals surface area contributed by atoms with Gasteiger partial charge in [0.2, 0.25) is 0 Å². The first-order valence-corrected chi connectivity index (χ1v) is 16.2. The van der Waals surface area contributed by atoms with Crippen LogP contribution in [-0.4, -0.2) is 14.5 Å². The van der Waals surface area contributed by atoms with Crippen molar-refractivity contribution in [3.8, 4) is 28.2 Å². The predicted molar refractivity (Wildman–Crippen MR) is 190 cm³/mol. The number of thiophene rings is 1. The van der Waals surface area contributed by atoms with Gasteiger partial charge in [-0.25, -0.2) is 9.97 Å². The van der Waals surface area contributed by atoms with Gasteiger partial charge in [0.1, 0.15) is 16.0 Å². The lowest BCUT2D eigenvalue weighted by Crippen LogP contribution is -2.14. The number of para-hydroxylation sites is 1. The van der Waals surface area contributed by atoms with E-state index in [9.17, 15) is 0 Å². The molecule has 0 saturated heterocycles. The van der Waals surface area contributed by atoms with Crippen LogP contribution in [0.4, 0.5) is 0 Å². The Morgan fingerprint density at radius 1 is 0.578 bits per heavy atom. The first-order valence-electron chi connectivity index (χ1n) is 15.4. The molecule has 3 heterocycles. The maximum atomic E-state index is 5.59. The summed E-state index contributed by atoms with van der Waals surface area (Å²) in [6.07, 6.45) is 0. The van der Waals surface area contributed by atoms with Crippen molar-refractivity contribution in [1.29, 1.82) is 0 Å². The van der Waals surface area contributed by atoms with Crippen LogP contribution in [0.2, 0.25) is 0 Å². The molecule has 3 aromatic heterocycles. The van der Waals surface area contributed by atoms with Crippen LogP contribution in [-0.2, 0) is 5.41 Å². The van der Waals surface area contributed by atoms with Gasteiger partial charge in [-0.05, 0) is 57.3 Å². The molecule has 10 rings (SSSR count). The molecule has 0 unspecified atom stereocenters. The van der Waals surface area contributed by atoms with Gasteiger partial charge in [0, 0.05) is 31.8 Å². The minimum atomic E-state index is -0.108. The molecule has 0 bridgehead atoms. The number of rotatable bonds is 2. The van der Waals surface area contributed by atoms with Crippen LogP contribution in [0.1, 0.15) is 25.0 Å². The third-order valence-electron chi connectivity index (χ3n) is 9.81. The van der Waals surface area contributed by atoms with E-state index in [1.165, 1.54) is 48.5 Å². The Bertz CT molecular complexity index is 2690.